The molecule has 0 radical (unpaired) electrons. The number of anilines is 2. The Balaban J connectivity index is 1.35. The lowest BCUT2D eigenvalue weighted by molar-refractivity contribution is -0.117. The smallest absolute Gasteiger partial charge is 0.229 e. The van der Waals surface area contributed by atoms with Crippen LogP contribution in [0.5, 0.6) is 5.75 Å². The van der Waals surface area contributed by atoms with E-state index in [1.165, 1.54) is 0 Å². The number of ether oxygens (including phenoxy) is 1. The van der Waals surface area contributed by atoms with Crippen LogP contribution in [0.2, 0.25) is 0 Å². The molecular weight excluding hydrogens is 442 g/mol. The first kappa shape index (κ1) is 21.1. The molecule has 1 fully saturated rings. The van der Waals surface area contributed by atoms with Crippen LogP contribution in [-0.4, -0.2) is 27.9 Å². The predicted molar refractivity (Wildman–Crippen MR) is 134 cm³/mol. The Bertz CT molecular complexity index is 1540. The van der Waals surface area contributed by atoms with Crippen molar-refractivity contribution in [3.05, 3.63) is 72.6 Å². The molecule has 1 amide bonds. The predicted octanol–water partition coefficient (Wildman–Crippen LogP) is 5.41. The van der Waals surface area contributed by atoms with Crippen LogP contribution in [0, 0.1) is 5.92 Å². The Hall–Kier alpha value is -4.46. The molecule has 6 rings (SSSR count). The van der Waals surface area contributed by atoms with Crippen molar-refractivity contribution in [3.63, 3.8) is 0 Å². The molecule has 1 aliphatic rings. The van der Waals surface area contributed by atoms with Crippen molar-refractivity contribution in [3.8, 4) is 17.2 Å². The molecule has 1 saturated carbocycles. The number of amides is 1. The van der Waals surface area contributed by atoms with E-state index in [9.17, 15) is 4.79 Å². The second-order valence-corrected chi connectivity index (χ2v) is 8.57. The minimum absolute atomic E-state index is 0.00573. The van der Waals surface area contributed by atoms with Gasteiger partial charge in [0, 0.05) is 42.2 Å². The van der Waals surface area contributed by atoms with Crippen molar-refractivity contribution in [1.82, 2.24) is 15.0 Å². The first-order valence-corrected chi connectivity index (χ1v) is 11.5. The number of hydrogen-bond donors (Lipinski definition) is 2. The van der Waals surface area contributed by atoms with Crippen LogP contribution >= 0.6 is 0 Å². The fourth-order valence-electron chi connectivity index (χ4n) is 4.00. The van der Waals surface area contributed by atoms with Gasteiger partial charge in [-0.1, -0.05) is 30.3 Å². The molecule has 35 heavy (non-hydrogen) atoms. The highest BCUT2D eigenvalue weighted by molar-refractivity contribution is 6.03. The summed E-state index contributed by atoms with van der Waals surface area (Å²) >= 11 is 0. The topological polar surface area (TPSA) is 102 Å². The van der Waals surface area contributed by atoms with E-state index in [0.29, 0.717) is 46.5 Å². The van der Waals surface area contributed by atoms with E-state index < -0.39 is 0 Å². The highest BCUT2D eigenvalue weighted by Gasteiger charge is 2.30. The van der Waals surface area contributed by atoms with Crippen LogP contribution in [0.15, 0.2) is 71.4 Å². The Kier molecular flexibility index (Phi) is 5.25. The molecule has 5 aromatic rings. The van der Waals surface area contributed by atoms with Crippen LogP contribution in [0.25, 0.3) is 33.3 Å². The zero-order chi connectivity index (χ0) is 23.8. The number of oxazole rings is 1. The molecule has 0 saturated heterocycles. The third-order valence-corrected chi connectivity index (χ3v) is 6.05. The van der Waals surface area contributed by atoms with Gasteiger partial charge in [0.2, 0.25) is 11.8 Å². The molecule has 0 aliphatic heterocycles. The van der Waals surface area contributed by atoms with Gasteiger partial charge in [-0.15, -0.1) is 0 Å². The lowest BCUT2D eigenvalue weighted by Crippen LogP contribution is -2.14. The minimum Gasteiger partial charge on any atom is -0.489 e. The molecule has 8 heteroatoms. The standard InChI is InChI=1S/C27H23N5O3/c1-28-25-20-13-29-24(32-26(33)17-7-8-17)12-19(20)21(14-30-25)27-31-22-11-18(9-10-23(22)35-27)34-15-16-5-3-2-4-6-16/h2-6,9-14,17H,7-8,15H2,1H3,(H,28,30)(H,29,32,33). The van der Waals surface area contributed by atoms with Gasteiger partial charge in [-0.05, 0) is 36.6 Å². The number of fused-ring (bicyclic) bond motifs is 2. The largest absolute Gasteiger partial charge is 0.489 e. The lowest BCUT2D eigenvalue weighted by atomic mass is 10.1. The van der Waals surface area contributed by atoms with E-state index in [1.54, 1.807) is 19.4 Å². The van der Waals surface area contributed by atoms with Crippen molar-refractivity contribution in [1.29, 1.82) is 0 Å². The Morgan fingerprint density at radius 2 is 1.91 bits per heavy atom. The number of carbonyl (C=O) groups is 1. The molecule has 0 spiro atoms. The van der Waals surface area contributed by atoms with Gasteiger partial charge < -0.3 is 19.8 Å². The quantitative estimate of drug-likeness (QED) is 0.331. The molecule has 1 aliphatic carbocycles. The first-order valence-electron chi connectivity index (χ1n) is 11.5. The number of hydrogen-bond acceptors (Lipinski definition) is 7. The molecule has 3 aromatic heterocycles. The van der Waals surface area contributed by atoms with Crippen molar-refractivity contribution >= 4 is 39.4 Å². The number of aromatic nitrogens is 3. The van der Waals surface area contributed by atoms with Crippen LogP contribution in [0.3, 0.4) is 0 Å². The Labute approximate surface area is 201 Å². The van der Waals surface area contributed by atoms with Crippen molar-refractivity contribution in [2.45, 2.75) is 19.4 Å². The van der Waals surface area contributed by atoms with Gasteiger partial charge in [0.05, 0.1) is 5.56 Å². The fraction of sp³-hybridized carbons (Fsp3) is 0.185. The maximum Gasteiger partial charge on any atom is 0.229 e. The van der Waals surface area contributed by atoms with E-state index in [4.69, 9.17) is 14.1 Å². The van der Waals surface area contributed by atoms with E-state index in [2.05, 4.69) is 20.6 Å². The number of carbonyl (C=O) groups excluding carboxylic acids is 1. The average Bonchev–Trinajstić information content (AvgIpc) is 3.66. The summed E-state index contributed by atoms with van der Waals surface area (Å²) < 4.78 is 12.0. The molecule has 0 unspecified atom stereocenters. The van der Waals surface area contributed by atoms with Crippen LogP contribution < -0.4 is 15.4 Å². The summed E-state index contributed by atoms with van der Waals surface area (Å²) in [7, 11) is 1.81. The molecule has 3 heterocycles. The van der Waals surface area contributed by atoms with Gasteiger partial charge in [0.1, 0.15) is 29.5 Å². The second kappa shape index (κ2) is 8.72. The third-order valence-electron chi connectivity index (χ3n) is 6.05. The van der Waals surface area contributed by atoms with Crippen molar-refractivity contribution in [2.75, 3.05) is 17.7 Å². The van der Waals surface area contributed by atoms with E-state index in [1.807, 2.05) is 54.6 Å². The first-order chi connectivity index (χ1) is 17.2. The molecule has 174 valence electrons. The highest BCUT2D eigenvalue weighted by Crippen LogP contribution is 2.35. The maximum absolute atomic E-state index is 12.3. The van der Waals surface area contributed by atoms with Gasteiger partial charge in [0.25, 0.3) is 0 Å². The van der Waals surface area contributed by atoms with Gasteiger partial charge in [-0.3, -0.25) is 4.79 Å². The number of pyridine rings is 2. The Morgan fingerprint density at radius 3 is 2.71 bits per heavy atom. The SMILES string of the molecule is CNc1ncc(-c2nc3cc(OCc4ccccc4)ccc3o2)c2cc(NC(=O)C3CC3)ncc12. The van der Waals surface area contributed by atoms with Gasteiger partial charge in [0.15, 0.2) is 5.58 Å². The van der Waals surface area contributed by atoms with E-state index >= 15 is 0 Å². The summed E-state index contributed by atoms with van der Waals surface area (Å²) in [6.45, 7) is 0.472. The number of benzene rings is 2. The van der Waals surface area contributed by atoms with E-state index in [-0.39, 0.29) is 11.8 Å². The molecular formula is C27H23N5O3. The number of nitrogens with one attached hydrogen (secondary N) is 2. The van der Waals surface area contributed by atoms with Crippen molar-refractivity contribution in [2.24, 2.45) is 5.92 Å². The molecule has 0 atom stereocenters. The summed E-state index contributed by atoms with van der Waals surface area (Å²) in [6.07, 6.45) is 5.29. The summed E-state index contributed by atoms with van der Waals surface area (Å²) in [5.41, 5.74) is 3.14. The van der Waals surface area contributed by atoms with Gasteiger partial charge >= 0.3 is 0 Å². The lowest BCUT2D eigenvalue weighted by Gasteiger charge is -2.10. The second-order valence-electron chi connectivity index (χ2n) is 8.57. The van der Waals surface area contributed by atoms with Crippen LogP contribution in [0.4, 0.5) is 11.6 Å². The van der Waals surface area contributed by atoms with Gasteiger partial charge in [-0.25, -0.2) is 15.0 Å². The van der Waals surface area contributed by atoms with Crippen LogP contribution in [0.1, 0.15) is 18.4 Å². The summed E-state index contributed by atoms with van der Waals surface area (Å²) in [6, 6.07) is 17.4. The third kappa shape index (κ3) is 4.26. The van der Waals surface area contributed by atoms with Gasteiger partial charge in [-0.2, -0.15) is 0 Å². The molecule has 0 bridgehead atoms. The monoisotopic (exact) mass is 465 g/mol. The average molecular weight is 466 g/mol. The van der Waals surface area contributed by atoms with Crippen molar-refractivity contribution < 1.29 is 13.9 Å². The highest BCUT2D eigenvalue weighted by atomic mass is 16.5. The Morgan fingerprint density at radius 1 is 1.06 bits per heavy atom. The zero-order valence-electron chi connectivity index (χ0n) is 19.1. The fourth-order valence-corrected chi connectivity index (χ4v) is 4.00. The number of nitrogens with zero attached hydrogens (tertiary/aromatic N) is 3. The molecule has 2 aromatic carbocycles. The minimum atomic E-state index is 0.00573. The summed E-state index contributed by atoms with van der Waals surface area (Å²) in [5, 5.41) is 7.65. The maximum atomic E-state index is 12.3. The van der Waals surface area contributed by atoms with E-state index in [0.717, 1.165) is 29.2 Å². The normalized spacial score (nSPS) is 13.2. The molecule has 8 nitrogen and oxygen atoms in total. The zero-order valence-corrected chi connectivity index (χ0v) is 19.1. The summed E-state index contributed by atoms with van der Waals surface area (Å²) in [4.78, 5) is 25.9. The van der Waals surface area contributed by atoms with Crippen LogP contribution in [-0.2, 0) is 11.4 Å². The number of rotatable bonds is 7. The summed E-state index contributed by atoms with van der Waals surface area (Å²) in [5.74, 6) is 2.43. The molecule has 2 N–H and O–H groups in total.